The monoisotopic (exact) mass is 315 g/mol. The van der Waals surface area contributed by atoms with Crippen LogP contribution in [-0.2, 0) is 11.2 Å². The first-order valence-corrected chi connectivity index (χ1v) is 7.66. The highest BCUT2D eigenvalue weighted by Gasteiger charge is 2.32. The SMILES string of the molecule is O=C(Cc1ccc(Cl)c(Cl)c1)NC1(CO)CCCCC1. The Morgan fingerprint density at radius 1 is 1.20 bits per heavy atom. The van der Waals surface area contributed by atoms with E-state index in [0.29, 0.717) is 10.0 Å². The summed E-state index contributed by atoms with van der Waals surface area (Å²) in [6.07, 6.45) is 5.21. The molecule has 1 aromatic rings. The van der Waals surface area contributed by atoms with Crippen LogP contribution in [0.15, 0.2) is 18.2 Å². The minimum Gasteiger partial charge on any atom is -0.394 e. The smallest absolute Gasteiger partial charge is 0.224 e. The fraction of sp³-hybridized carbons (Fsp3) is 0.533. The van der Waals surface area contributed by atoms with Crippen molar-refractivity contribution >= 4 is 29.1 Å². The minimum atomic E-state index is -0.439. The number of halogens is 2. The summed E-state index contributed by atoms with van der Waals surface area (Å²) in [5.41, 5.74) is 0.381. The number of aliphatic hydroxyl groups excluding tert-OH is 1. The molecule has 2 N–H and O–H groups in total. The second-order valence-corrected chi connectivity index (χ2v) is 6.29. The molecule has 0 aliphatic heterocycles. The maximum Gasteiger partial charge on any atom is 0.224 e. The maximum absolute atomic E-state index is 12.1. The molecular formula is C15H19Cl2NO2. The number of carbonyl (C=O) groups excluding carboxylic acids is 1. The Morgan fingerprint density at radius 3 is 2.50 bits per heavy atom. The number of aliphatic hydroxyl groups is 1. The third kappa shape index (κ3) is 3.87. The highest BCUT2D eigenvalue weighted by Crippen LogP contribution is 2.28. The second-order valence-electron chi connectivity index (χ2n) is 5.47. The molecule has 110 valence electrons. The van der Waals surface area contributed by atoms with E-state index in [9.17, 15) is 9.90 Å². The van der Waals surface area contributed by atoms with Gasteiger partial charge >= 0.3 is 0 Å². The molecule has 3 nitrogen and oxygen atoms in total. The number of hydrogen-bond donors (Lipinski definition) is 2. The van der Waals surface area contributed by atoms with Gasteiger partial charge in [0.15, 0.2) is 0 Å². The zero-order valence-corrected chi connectivity index (χ0v) is 12.8. The van der Waals surface area contributed by atoms with Crippen LogP contribution in [0, 0.1) is 0 Å². The molecule has 1 aromatic carbocycles. The number of nitrogens with one attached hydrogen (secondary N) is 1. The number of benzene rings is 1. The number of amides is 1. The molecule has 0 bridgehead atoms. The Labute approximate surface area is 129 Å². The van der Waals surface area contributed by atoms with Gasteiger partial charge in [-0.25, -0.2) is 0 Å². The van der Waals surface area contributed by atoms with Crippen molar-refractivity contribution in [2.45, 2.75) is 44.1 Å². The summed E-state index contributed by atoms with van der Waals surface area (Å²) < 4.78 is 0. The topological polar surface area (TPSA) is 49.3 Å². The van der Waals surface area contributed by atoms with Gasteiger partial charge in [-0.15, -0.1) is 0 Å². The molecule has 20 heavy (non-hydrogen) atoms. The minimum absolute atomic E-state index is 0.000113. The highest BCUT2D eigenvalue weighted by molar-refractivity contribution is 6.42. The molecule has 0 aromatic heterocycles. The molecule has 1 aliphatic rings. The molecule has 5 heteroatoms. The van der Waals surface area contributed by atoms with E-state index in [-0.39, 0.29) is 18.9 Å². The van der Waals surface area contributed by atoms with Gasteiger partial charge in [-0.05, 0) is 30.5 Å². The first-order chi connectivity index (χ1) is 9.54. The Kier molecular flexibility index (Phi) is 5.30. The molecular weight excluding hydrogens is 297 g/mol. The lowest BCUT2D eigenvalue weighted by Gasteiger charge is -2.36. The van der Waals surface area contributed by atoms with E-state index in [0.717, 1.165) is 31.2 Å². The van der Waals surface area contributed by atoms with E-state index in [1.54, 1.807) is 18.2 Å². The van der Waals surface area contributed by atoms with Crippen molar-refractivity contribution in [1.29, 1.82) is 0 Å². The van der Waals surface area contributed by atoms with Crippen molar-refractivity contribution in [2.24, 2.45) is 0 Å². The van der Waals surface area contributed by atoms with Crippen LogP contribution in [0.5, 0.6) is 0 Å². The van der Waals surface area contributed by atoms with Gasteiger partial charge in [0.1, 0.15) is 0 Å². The molecule has 1 saturated carbocycles. The van der Waals surface area contributed by atoms with E-state index >= 15 is 0 Å². The lowest BCUT2D eigenvalue weighted by atomic mass is 9.82. The van der Waals surface area contributed by atoms with Gasteiger partial charge in [-0.1, -0.05) is 48.5 Å². The van der Waals surface area contributed by atoms with E-state index in [4.69, 9.17) is 23.2 Å². The summed E-state index contributed by atoms with van der Waals surface area (Å²) >= 11 is 11.8. The second kappa shape index (κ2) is 6.79. The van der Waals surface area contributed by atoms with Crippen LogP contribution in [0.25, 0.3) is 0 Å². The summed E-state index contributed by atoms with van der Waals surface area (Å²) in [6.45, 7) is 0.000113. The van der Waals surface area contributed by atoms with E-state index in [2.05, 4.69) is 5.32 Å². The van der Waals surface area contributed by atoms with Crippen molar-refractivity contribution in [1.82, 2.24) is 5.32 Å². The van der Waals surface area contributed by atoms with Crippen LogP contribution >= 0.6 is 23.2 Å². The molecule has 0 unspecified atom stereocenters. The van der Waals surface area contributed by atoms with Crippen LogP contribution in [-0.4, -0.2) is 23.2 Å². The van der Waals surface area contributed by atoms with Crippen molar-refractivity contribution in [2.75, 3.05) is 6.61 Å². The Morgan fingerprint density at radius 2 is 1.90 bits per heavy atom. The summed E-state index contributed by atoms with van der Waals surface area (Å²) in [5.74, 6) is -0.0839. The number of hydrogen-bond acceptors (Lipinski definition) is 2. The van der Waals surface area contributed by atoms with Crippen LogP contribution in [0.3, 0.4) is 0 Å². The Hall–Kier alpha value is -0.770. The quantitative estimate of drug-likeness (QED) is 0.895. The van der Waals surface area contributed by atoms with E-state index in [1.807, 2.05) is 0 Å². The third-order valence-electron chi connectivity index (χ3n) is 3.87. The molecule has 0 heterocycles. The van der Waals surface area contributed by atoms with Gasteiger partial charge in [-0.3, -0.25) is 4.79 Å². The molecule has 0 atom stereocenters. The van der Waals surface area contributed by atoms with Gasteiger partial charge in [-0.2, -0.15) is 0 Å². The molecule has 0 spiro atoms. The zero-order chi connectivity index (χ0) is 14.6. The summed E-state index contributed by atoms with van der Waals surface area (Å²) in [6, 6.07) is 5.19. The zero-order valence-electron chi connectivity index (χ0n) is 11.3. The van der Waals surface area contributed by atoms with E-state index in [1.165, 1.54) is 6.42 Å². The predicted molar refractivity (Wildman–Crippen MR) is 81.2 cm³/mol. The van der Waals surface area contributed by atoms with Crippen LogP contribution in [0.1, 0.15) is 37.7 Å². The Bertz CT molecular complexity index is 485. The largest absolute Gasteiger partial charge is 0.394 e. The average molecular weight is 316 g/mol. The normalized spacial score (nSPS) is 17.8. The molecule has 0 radical (unpaired) electrons. The van der Waals surface area contributed by atoms with E-state index < -0.39 is 5.54 Å². The average Bonchev–Trinajstić information content (AvgIpc) is 2.44. The van der Waals surface area contributed by atoms with Crippen LogP contribution in [0.2, 0.25) is 10.0 Å². The highest BCUT2D eigenvalue weighted by atomic mass is 35.5. The summed E-state index contributed by atoms with van der Waals surface area (Å²) in [7, 11) is 0. The molecule has 2 rings (SSSR count). The van der Waals surface area contributed by atoms with Gasteiger partial charge in [0, 0.05) is 0 Å². The number of rotatable bonds is 4. The lowest BCUT2D eigenvalue weighted by molar-refractivity contribution is -0.123. The van der Waals surface area contributed by atoms with Crippen molar-refractivity contribution < 1.29 is 9.90 Å². The van der Waals surface area contributed by atoms with Gasteiger partial charge < -0.3 is 10.4 Å². The predicted octanol–water partition coefficient (Wildman–Crippen LogP) is 3.35. The standard InChI is InChI=1S/C15H19Cl2NO2/c16-12-5-4-11(8-13(12)17)9-14(20)18-15(10-19)6-2-1-3-7-15/h4-5,8,19H,1-3,6-7,9-10H2,(H,18,20). The summed E-state index contributed by atoms with van der Waals surface area (Å²) in [5, 5.41) is 13.5. The third-order valence-corrected chi connectivity index (χ3v) is 4.61. The maximum atomic E-state index is 12.1. The first kappa shape index (κ1) is 15.6. The fourth-order valence-corrected chi connectivity index (χ4v) is 3.05. The van der Waals surface area contributed by atoms with Crippen LogP contribution < -0.4 is 5.32 Å². The van der Waals surface area contributed by atoms with Crippen molar-refractivity contribution in [3.8, 4) is 0 Å². The first-order valence-electron chi connectivity index (χ1n) is 6.90. The molecule has 1 aliphatic carbocycles. The van der Waals surface area contributed by atoms with Gasteiger partial charge in [0.2, 0.25) is 5.91 Å². The molecule has 1 amide bonds. The van der Waals surface area contributed by atoms with Crippen molar-refractivity contribution in [3.05, 3.63) is 33.8 Å². The summed E-state index contributed by atoms with van der Waals surface area (Å²) in [4.78, 5) is 12.1. The van der Waals surface area contributed by atoms with Gasteiger partial charge in [0.25, 0.3) is 0 Å². The fourth-order valence-electron chi connectivity index (χ4n) is 2.73. The molecule has 0 saturated heterocycles. The van der Waals surface area contributed by atoms with Crippen LogP contribution in [0.4, 0.5) is 0 Å². The van der Waals surface area contributed by atoms with Crippen molar-refractivity contribution in [3.63, 3.8) is 0 Å². The lowest BCUT2D eigenvalue weighted by Crippen LogP contribution is -2.52. The molecule has 1 fully saturated rings. The van der Waals surface area contributed by atoms with Gasteiger partial charge in [0.05, 0.1) is 28.6 Å². The Balaban J connectivity index is 1.98. The number of carbonyl (C=O) groups is 1.